The zero-order valence-corrected chi connectivity index (χ0v) is 21.8. The average Bonchev–Trinajstić information content (AvgIpc) is 3.42. The molecule has 1 fully saturated rings. The van der Waals surface area contributed by atoms with Crippen molar-refractivity contribution in [2.24, 2.45) is 0 Å². The molecule has 0 unspecified atom stereocenters. The molecule has 0 atom stereocenters. The van der Waals surface area contributed by atoms with Gasteiger partial charge >= 0.3 is 0 Å². The molecule has 0 N–H and O–H groups in total. The quantitative estimate of drug-likeness (QED) is 0.285. The van der Waals surface area contributed by atoms with E-state index in [0.29, 0.717) is 0 Å². The predicted molar refractivity (Wildman–Crippen MR) is 147 cm³/mol. The fraction of sp³-hybridized carbons (Fsp3) is 0.333. The Kier molecular flexibility index (Phi) is 10.1. The van der Waals surface area contributed by atoms with Gasteiger partial charge in [0.05, 0.1) is 14.2 Å². The lowest BCUT2D eigenvalue weighted by molar-refractivity contribution is 0.238. The normalized spacial score (nSPS) is 14.1. The van der Waals surface area contributed by atoms with Crippen molar-refractivity contribution in [2.45, 2.75) is 26.2 Å². The molecule has 0 amide bonds. The highest BCUT2D eigenvalue weighted by Gasteiger charge is 2.14. The summed E-state index contributed by atoms with van der Waals surface area (Å²) < 4.78 is 16.8. The molecule has 1 aliphatic rings. The van der Waals surface area contributed by atoms with Crippen molar-refractivity contribution in [3.63, 3.8) is 0 Å². The van der Waals surface area contributed by atoms with Crippen LogP contribution in [0.4, 0.5) is 0 Å². The minimum absolute atomic E-state index is 0. The van der Waals surface area contributed by atoms with Gasteiger partial charge in [-0.25, -0.2) is 0 Å². The van der Waals surface area contributed by atoms with Gasteiger partial charge in [0.15, 0.2) is 0 Å². The summed E-state index contributed by atoms with van der Waals surface area (Å²) in [5, 5.41) is 0. The van der Waals surface area contributed by atoms with Crippen LogP contribution in [0.2, 0.25) is 0 Å². The number of methoxy groups -OCH3 is 2. The Bertz CT molecular complexity index is 1070. The summed E-state index contributed by atoms with van der Waals surface area (Å²) in [6.07, 6.45) is 3.52. The molecular formula is C30H36ClNO3. The number of allylic oxidation sites excluding steroid dienone is 1. The predicted octanol–water partition coefficient (Wildman–Crippen LogP) is 6.97. The van der Waals surface area contributed by atoms with E-state index in [1.165, 1.54) is 48.2 Å². The lowest BCUT2D eigenvalue weighted by Crippen LogP contribution is -2.25. The van der Waals surface area contributed by atoms with Crippen LogP contribution in [0.5, 0.6) is 17.2 Å². The third-order valence-corrected chi connectivity index (χ3v) is 6.49. The Morgan fingerprint density at radius 3 is 1.60 bits per heavy atom. The molecule has 3 aromatic carbocycles. The van der Waals surface area contributed by atoms with Crippen LogP contribution in [0.25, 0.3) is 11.1 Å². The van der Waals surface area contributed by atoms with Crippen LogP contribution in [0.3, 0.4) is 0 Å². The van der Waals surface area contributed by atoms with E-state index in [1.807, 2.05) is 24.3 Å². The molecule has 35 heavy (non-hydrogen) atoms. The zero-order valence-electron chi connectivity index (χ0n) is 21.0. The first-order valence-corrected chi connectivity index (χ1v) is 12.2. The van der Waals surface area contributed by atoms with Gasteiger partial charge in [0.1, 0.15) is 23.9 Å². The van der Waals surface area contributed by atoms with Gasteiger partial charge in [-0.3, -0.25) is 4.90 Å². The minimum Gasteiger partial charge on any atom is -0.497 e. The van der Waals surface area contributed by atoms with Gasteiger partial charge in [0.2, 0.25) is 0 Å². The van der Waals surface area contributed by atoms with Crippen LogP contribution < -0.4 is 14.2 Å². The summed E-state index contributed by atoms with van der Waals surface area (Å²) in [7, 11) is 3.40. The van der Waals surface area contributed by atoms with Crippen molar-refractivity contribution in [2.75, 3.05) is 40.5 Å². The maximum Gasteiger partial charge on any atom is 0.119 e. The lowest BCUT2D eigenvalue weighted by Gasteiger charge is -2.18. The summed E-state index contributed by atoms with van der Waals surface area (Å²) in [6.45, 7) is 6.33. The van der Waals surface area contributed by atoms with Crippen LogP contribution >= 0.6 is 12.4 Å². The Morgan fingerprint density at radius 1 is 0.686 bits per heavy atom. The van der Waals surface area contributed by atoms with Gasteiger partial charge in [-0.15, -0.1) is 12.4 Å². The first-order valence-electron chi connectivity index (χ1n) is 12.2. The van der Waals surface area contributed by atoms with E-state index in [-0.39, 0.29) is 12.4 Å². The second-order valence-corrected chi connectivity index (χ2v) is 8.59. The second kappa shape index (κ2) is 13.2. The molecule has 0 bridgehead atoms. The molecule has 0 aliphatic carbocycles. The average molecular weight is 494 g/mol. The molecule has 5 heteroatoms. The monoisotopic (exact) mass is 493 g/mol. The Morgan fingerprint density at radius 2 is 1.14 bits per heavy atom. The maximum absolute atomic E-state index is 6.05. The first-order chi connectivity index (χ1) is 16.7. The Balaban J connectivity index is 0.00000342. The van der Waals surface area contributed by atoms with Gasteiger partial charge in [-0.05, 0) is 96.6 Å². The zero-order chi connectivity index (χ0) is 23.8. The van der Waals surface area contributed by atoms with Gasteiger partial charge in [0.25, 0.3) is 0 Å². The number of ether oxygens (including phenoxy) is 3. The van der Waals surface area contributed by atoms with Crippen molar-refractivity contribution in [3.05, 3.63) is 89.5 Å². The van der Waals surface area contributed by atoms with Gasteiger partial charge < -0.3 is 14.2 Å². The topological polar surface area (TPSA) is 30.9 Å². The van der Waals surface area contributed by atoms with Gasteiger partial charge in [-0.2, -0.15) is 0 Å². The maximum atomic E-state index is 6.05. The number of nitrogens with zero attached hydrogens (tertiary/aromatic N) is 1. The molecule has 186 valence electrons. The molecule has 1 aliphatic heterocycles. The third kappa shape index (κ3) is 6.81. The molecule has 0 saturated carbocycles. The number of halogens is 1. The number of rotatable bonds is 10. The van der Waals surface area contributed by atoms with E-state index in [4.69, 9.17) is 14.2 Å². The van der Waals surface area contributed by atoms with Crippen LogP contribution in [-0.4, -0.2) is 45.4 Å². The lowest BCUT2D eigenvalue weighted by atomic mass is 9.88. The summed E-state index contributed by atoms with van der Waals surface area (Å²) in [6, 6.07) is 25.1. The van der Waals surface area contributed by atoms with E-state index < -0.39 is 0 Å². The smallest absolute Gasteiger partial charge is 0.119 e. The van der Waals surface area contributed by atoms with E-state index in [2.05, 4.69) is 60.4 Å². The van der Waals surface area contributed by atoms with Crippen molar-refractivity contribution >= 4 is 23.6 Å². The van der Waals surface area contributed by atoms with Crippen LogP contribution in [0.1, 0.15) is 42.9 Å². The minimum atomic E-state index is 0. The molecule has 0 aromatic heterocycles. The Labute approximate surface area is 215 Å². The summed E-state index contributed by atoms with van der Waals surface area (Å²) in [5.74, 6) is 2.63. The van der Waals surface area contributed by atoms with Gasteiger partial charge in [0, 0.05) is 6.54 Å². The standard InChI is InChI=1S/C30H35NO3.ClH/c1-4-29(23-7-13-26(32-2)14-8-23)30(24-9-15-27(33-3)16-10-24)25-11-17-28(18-12-25)34-22-21-31-19-5-6-20-31;/h7-18H,4-6,19-22H2,1-3H3;1H/b30-29+;. The highest BCUT2D eigenvalue weighted by molar-refractivity contribution is 5.98. The molecule has 0 radical (unpaired) electrons. The summed E-state index contributed by atoms with van der Waals surface area (Å²) in [4.78, 5) is 2.47. The number of hydrogen-bond acceptors (Lipinski definition) is 4. The summed E-state index contributed by atoms with van der Waals surface area (Å²) >= 11 is 0. The number of hydrogen-bond donors (Lipinski definition) is 0. The highest BCUT2D eigenvalue weighted by atomic mass is 35.5. The van der Waals surface area contributed by atoms with E-state index >= 15 is 0 Å². The van der Waals surface area contributed by atoms with Crippen LogP contribution in [0, 0.1) is 0 Å². The van der Waals surface area contributed by atoms with Gasteiger partial charge in [-0.1, -0.05) is 43.3 Å². The molecule has 0 spiro atoms. The fourth-order valence-electron chi connectivity index (χ4n) is 4.61. The Hall–Kier alpha value is -2.95. The van der Waals surface area contributed by atoms with E-state index in [1.54, 1.807) is 14.2 Å². The molecule has 1 saturated heterocycles. The SMILES string of the molecule is CC/C(=C(/c1ccc(OC)cc1)c1ccc(OCCN2CCCC2)cc1)c1ccc(OC)cc1.Cl. The highest BCUT2D eigenvalue weighted by Crippen LogP contribution is 2.36. The van der Waals surface area contributed by atoms with Crippen molar-refractivity contribution in [1.82, 2.24) is 4.90 Å². The molecule has 3 aromatic rings. The van der Waals surface area contributed by atoms with Crippen LogP contribution in [0.15, 0.2) is 72.8 Å². The second-order valence-electron chi connectivity index (χ2n) is 8.59. The number of likely N-dealkylation sites (tertiary alicyclic amines) is 1. The third-order valence-electron chi connectivity index (χ3n) is 6.49. The van der Waals surface area contributed by atoms with E-state index in [9.17, 15) is 0 Å². The van der Waals surface area contributed by atoms with Crippen molar-refractivity contribution in [1.29, 1.82) is 0 Å². The fourth-order valence-corrected chi connectivity index (χ4v) is 4.61. The number of benzene rings is 3. The molecule has 1 heterocycles. The van der Waals surface area contributed by atoms with E-state index in [0.717, 1.165) is 42.4 Å². The first kappa shape index (κ1) is 26.7. The summed E-state index contributed by atoms with van der Waals surface area (Å²) in [5.41, 5.74) is 6.04. The van der Waals surface area contributed by atoms with Crippen LogP contribution in [-0.2, 0) is 0 Å². The van der Waals surface area contributed by atoms with Crippen molar-refractivity contribution in [3.8, 4) is 17.2 Å². The molecule has 4 nitrogen and oxygen atoms in total. The van der Waals surface area contributed by atoms with Crippen molar-refractivity contribution < 1.29 is 14.2 Å². The molecular weight excluding hydrogens is 458 g/mol. The largest absolute Gasteiger partial charge is 0.497 e. The molecule has 4 rings (SSSR count).